The largest absolute Gasteiger partial charge is 0.478 e. The van der Waals surface area contributed by atoms with Crippen LogP contribution in [0.3, 0.4) is 0 Å². The molecule has 1 fully saturated rings. The predicted octanol–water partition coefficient (Wildman–Crippen LogP) is 2.10. The molecule has 1 atom stereocenters. The number of carbonyl (C=O) groups is 1. The summed E-state index contributed by atoms with van der Waals surface area (Å²) in [5, 5.41) is 14.5. The normalized spacial score (nSPS) is 20.6. The molecule has 0 aliphatic carbocycles. The Morgan fingerprint density at radius 3 is 2.54 bits per heavy atom. The smallest absolute Gasteiger partial charge is 0.336 e. The first-order valence-corrected chi connectivity index (χ1v) is 9.66. The second kappa shape index (κ2) is 5.27. The second-order valence-electron chi connectivity index (χ2n) is 7.40. The van der Waals surface area contributed by atoms with E-state index in [0.717, 1.165) is 0 Å². The quantitative estimate of drug-likeness (QED) is 0.889. The minimum absolute atomic E-state index is 0.0209. The highest BCUT2D eigenvalue weighted by molar-refractivity contribution is 7.91. The Bertz CT molecular complexity index is 938. The molecule has 130 valence electrons. The molecule has 2 aromatic heterocycles. The molecule has 2 aromatic rings. The summed E-state index contributed by atoms with van der Waals surface area (Å²) in [5.41, 5.74) is 1.49. The molecule has 0 amide bonds. The average molecular weight is 351 g/mol. The van der Waals surface area contributed by atoms with E-state index in [-0.39, 0.29) is 28.5 Å². The van der Waals surface area contributed by atoms with Gasteiger partial charge in [-0.2, -0.15) is 5.10 Å². The van der Waals surface area contributed by atoms with Gasteiger partial charge in [0.15, 0.2) is 15.5 Å². The number of hydrogen-bond donors (Lipinski definition) is 1. The maximum atomic E-state index is 11.8. The summed E-state index contributed by atoms with van der Waals surface area (Å²) < 4.78 is 25.2. The van der Waals surface area contributed by atoms with Gasteiger partial charge in [0.05, 0.1) is 34.2 Å². The number of carboxylic acid groups (broad SMARTS) is 1. The maximum Gasteiger partial charge on any atom is 0.336 e. The fourth-order valence-electron chi connectivity index (χ4n) is 3.09. The Kier molecular flexibility index (Phi) is 3.71. The number of carboxylic acids is 1. The first-order valence-electron chi connectivity index (χ1n) is 7.83. The van der Waals surface area contributed by atoms with Gasteiger partial charge in [-0.1, -0.05) is 20.8 Å². The van der Waals surface area contributed by atoms with E-state index in [1.807, 2.05) is 20.8 Å². The van der Waals surface area contributed by atoms with Crippen molar-refractivity contribution in [3.63, 3.8) is 0 Å². The molecule has 0 aromatic carbocycles. The summed E-state index contributed by atoms with van der Waals surface area (Å²) in [6.45, 7) is 7.61. The highest BCUT2D eigenvalue weighted by Gasteiger charge is 2.33. The van der Waals surface area contributed by atoms with Crippen LogP contribution in [-0.2, 0) is 15.3 Å². The van der Waals surface area contributed by atoms with Crippen molar-refractivity contribution >= 4 is 26.8 Å². The molecule has 8 heteroatoms. The summed E-state index contributed by atoms with van der Waals surface area (Å²) >= 11 is 0. The van der Waals surface area contributed by atoms with Crippen molar-refractivity contribution in [1.82, 2.24) is 14.8 Å². The number of aromatic nitrogens is 3. The Morgan fingerprint density at radius 1 is 1.38 bits per heavy atom. The molecular formula is C16H21N3O4S. The van der Waals surface area contributed by atoms with Gasteiger partial charge in [-0.15, -0.1) is 0 Å². The summed E-state index contributed by atoms with van der Waals surface area (Å²) in [5.74, 6) is -0.884. The lowest BCUT2D eigenvalue weighted by Crippen LogP contribution is -2.17. The molecule has 1 aliphatic heterocycles. The zero-order valence-corrected chi connectivity index (χ0v) is 15.0. The molecule has 24 heavy (non-hydrogen) atoms. The van der Waals surface area contributed by atoms with Crippen LogP contribution >= 0.6 is 0 Å². The van der Waals surface area contributed by atoms with Crippen LogP contribution in [0, 0.1) is 6.92 Å². The fourth-order valence-corrected chi connectivity index (χ4v) is 4.78. The van der Waals surface area contributed by atoms with Gasteiger partial charge in [-0.05, 0) is 19.4 Å². The van der Waals surface area contributed by atoms with Gasteiger partial charge in [0.1, 0.15) is 0 Å². The standard InChI is InChI=1S/C16H21N3O4S/c1-9-13-11(15(20)21)7-12(16(2,3)4)17-14(13)19(18-9)10-5-6-24(22,23)8-10/h7,10H,5-6,8H2,1-4H3,(H,20,21)/t10-/m1/s1. The monoisotopic (exact) mass is 351 g/mol. The first-order chi connectivity index (χ1) is 11.0. The van der Waals surface area contributed by atoms with E-state index in [0.29, 0.717) is 28.8 Å². The number of aryl methyl sites for hydroxylation is 1. The minimum Gasteiger partial charge on any atom is -0.478 e. The molecule has 1 saturated heterocycles. The van der Waals surface area contributed by atoms with Crippen LogP contribution in [-0.4, -0.2) is 45.8 Å². The van der Waals surface area contributed by atoms with E-state index in [9.17, 15) is 18.3 Å². The van der Waals surface area contributed by atoms with Gasteiger partial charge in [0.2, 0.25) is 0 Å². The molecule has 0 bridgehead atoms. The van der Waals surface area contributed by atoms with Gasteiger partial charge in [-0.25, -0.2) is 22.9 Å². The van der Waals surface area contributed by atoms with Gasteiger partial charge < -0.3 is 5.11 Å². The molecular weight excluding hydrogens is 330 g/mol. The van der Waals surface area contributed by atoms with Crippen molar-refractivity contribution in [3.8, 4) is 0 Å². The van der Waals surface area contributed by atoms with Crippen LogP contribution < -0.4 is 0 Å². The summed E-state index contributed by atoms with van der Waals surface area (Å²) in [7, 11) is -3.07. The van der Waals surface area contributed by atoms with Crippen molar-refractivity contribution in [1.29, 1.82) is 0 Å². The Morgan fingerprint density at radius 2 is 2.04 bits per heavy atom. The van der Waals surface area contributed by atoms with Crippen LogP contribution in [0.2, 0.25) is 0 Å². The summed E-state index contributed by atoms with van der Waals surface area (Å²) in [6, 6.07) is 1.30. The van der Waals surface area contributed by atoms with Crippen molar-refractivity contribution in [2.24, 2.45) is 0 Å². The van der Waals surface area contributed by atoms with Crippen LogP contribution in [0.4, 0.5) is 0 Å². The minimum atomic E-state index is -3.07. The van der Waals surface area contributed by atoms with Crippen LogP contribution in [0.5, 0.6) is 0 Å². The summed E-state index contributed by atoms with van der Waals surface area (Å²) in [6.07, 6.45) is 0.475. The van der Waals surface area contributed by atoms with Crippen molar-refractivity contribution < 1.29 is 18.3 Å². The molecule has 1 N–H and O–H groups in total. The topological polar surface area (TPSA) is 102 Å². The molecule has 7 nitrogen and oxygen atoms in total. The third-order valence-electron chi connectivity index (χ3n) is 4.39. The third-order valence-corrected chi connectivity index (χ3v) is 6.14. The van der Waals surface area contributed by atoms with E-state index >= 15 is 0 Å². The van der Waals surface area contributed by atoms with Crippen molar-refractivity contribution in [2.45, 2.75) is 45.6 Å². The Hall–Kier alpha value is -1.96. The molecule has 0 unspecified atom stereocenters. The molecule has 1 aliphatic rings. The zero-order chi connectivity index (χ0) is 17.9. The van der Waals surface area contributed by atoms with E-state index in [1.165, 1.54) is 0 Å². The number of aromatic carboxylic acids is 1. The predicted molar refractivity (Wildman–Crippen MR) is 90.2 cm³/mol. The SMILES string of the molecule is Cc1nn([C@@H]2CCS(=O)(=O)C2)c2nc(C(C)(C)C)cc(C(=O)O)c12. The van der Waals surface area contributed by atoms with Gasteiger partial charge >= 0.3 is 5.97 Å². The number of fused-ring (bicyclic) bond motifs is 1. The lowest BCUT2D eigenvalue weighted by molar-refractivity contribution is 0.0698. The van der Waals surface area contributed by atoms with Crippen LogP contribution in [0.15, 0.2) is 6.07 Å². The number of sulfone groups is 1. The fraction of sp³-hybridized carbons (Fsp3) is 0.562. The third kappa shape index (κ3) is 2.79. The Labute approximate surface area is 140 Å². The van der Waals surface area contributed by atoms with E-state index in [4.69, 9.17) is 0 Å². The number of hydrogen-bond acceptors (Lipinski definition) is 5. The van der Waals surface area contributed by atoms with Gasteiger partial charge in [0.25, 0.3) is 0 Å². The molecule has 3 rings (SSSR count). The first kappa shape index (κ1) is 16.9. The molecule has 0 spiro atoms. The highest BCUT2D eigenvalue weighted by atomic mass is 32.2. The van der Waals surface area contributed by atoms with E-state index in [1.54, 1.807) is 17.7 Å². The van der Waals surface area contributed by atoms with E-state index < -0.39 is 15.8 Å². The zero-order valence-electron chi connectivity index (χ0n) is 14.2. The van der Waals surface area contributed by atoms with Crippen molar-refractivity contribution in [3.05, 3.63) is 23.0 Å². The van der Waals surface area contributed by atoms with E-state index in [2.05, 4.69) is 10.1 Å². The number of pyridine rings is 1. The van der Waals surface area contributed by atoms with Crippen molar-refractivity contribution in [2.75, 3.05) is 11.5 Å². The summed E-state index contributed by atoms with van der Waals surface area (Å²) in [4.78, 5) is 16.4. The number of rotatable bonds is 2. The molecule has 0 saturated carbocycles. The van der Waals surface area contributed by atoms with Crippen LogP contribution in [0.25, 0.3) is 11.0 Å². The Balaban J connectivity index is 2.29. The number of nitrogens with zero attached hydrogens (tertiary/aromatic N) is 3. The van der Waals surface area contributed by atoms with Gasteiger partial charge in [-0.3, -0.25) is 0 Å². The maximum absolute atomic E-state index is 11.8. The van der Waals surface area contributed by atoms with Crippen LogP contribution in [0.1, 0.15) is 55.0 Å². The average Bonchev–Trinajstić information content (AvgIpc) is 2.97. The second-order valence-corrected chi connectivity index (χ2v) is 9.62. The molecule has 0 radical (unpaired) electrons. The lowest BCUT2D eigenvalue weighted by atomic mass is 9.90. The highest BCUT2D eigenvalue weighted by Crippen LogP contribution is 2.32. The molecule has 3 heterocycles. The van der Waals surface area contributed by atoms with Gasteiger partial charge in [0, 0.05) is 11.1 Å². The lowest BCUT2D eigenvalue weighted by Gasteiger charge is -2.19.